The molecule has 0 bridgehead atoms. The summed E-state index contributed by atoms with van der Waals surface area (Å²) in [5.41, 5.74) is 0.615. The van der Waals surface area contributed by atoms with Crippen LogP contribution in [0.15, 0.2) is 30.3 Å². The van der Waals surface area contributed by atoms with Gasteiger partial charge in [0.25, 0.3) is 0 Å². The van der Waals surface area contributed by atoms with E-state index in [-0.39, 0.29) is 0 Å². The zero-order valence-corrected chi connectivity index (χ0v) is 15.9. The second kappa shape index (κ2) is 13.7. The summed E-state index contributed by atoms with van der Waals surface area (Å²) in [4.78, 5) is 12.1. The maximum absolute atomic E-state index is 12.1. The first kappa shape index (κ1) is 22.6. The minimum absolute atomic E-state index is 0.397. The number of nitrogens with one attached hydrogen (secondary N) is 1. The number of hydrogen-bond donors (Lipinski definition) is 4. The lowest BCUT2D eigenvalue weighted by Crippen LogP contribution is -2.46. The Morgan fingerprint density at radius 3 is 2.12 bits per heavy atom. The van der Waals surface area contributed by atoms with Crippen molar-refractivity contribution in [3.8, 4) is 0 Å². The third-order valence-electron chi connectivity index (χ3n) is 4.68. The van der Waals surface area contributed by atoms with Gasteiger partial charge in [-0.25, -0.2) is 0 Å². The quantitative estimate of drug-likeness (QED) is 0.381. The maximum atomic E-state index is 12.1. The van der Waals surface area contributed by atoms with Crippen LogP contribution >= 0.6 is 0 Å². The lowest BCUT2D eigenvalue weighted by atomic mass is 10.0. The Bertz CT molecular complexity index is 480. The SMILES string of the molecule is CCCCCCCCCCC(O)C(=O)NC(CO)C(O)c1ccccc1. The van der Waals surface area contributed by atoms with Crippen LogP contribution in [0.1, 0.15) is 76.4 Å². The molecule has 5 nitrogen and oxygen atoms in total. The van der Waals surface area contributed by atoms with Crippen LogP contribution in [-0.2, 0) is 4.79 Å². The second-order valence-electron chi connectivity index (χ2n) is 6.93. The molecule has 0 aliphatic carbocycles. The average molecular weight is 366 g/mol. The summed E-state index contributed by atoms with van der Waals surface area (Å²) >= 11 is 0. The summed E-state index contributed by atoms with van der Waals surface area (Å²) in [6.07, 6.45) is 7.50. The summed E-state index contributed by atoms with van der Waals surface area (Å²) in [5.74, 6) is -0.540. The van der Waals surface area contributed by atoms with Crippen LogP contribution in [0.2, 0.25) is 0 Å². The van der Waals surface area contributed by atoms with Crippen LogP contribution < -0.4 is 5.32 Å². The van der Waals surface area contributed by atoms with Crippen LogP contribution in [0.25, 0.3) is 0 Å². The van der Waals surface area contributed by atoms with Crippen molar-refractivity contribution in [2.75, 3.05) is 6.61 Å². The molecule has 3 atom stereocenters. The molecule has 0 aliphatic heterocycles. The van der Waals surface area contributed by atoms with Crippen LogP contribution in [0, 0.1) is 0 Å². The molecule has 3 unspecified atom stereocenters. The van der Waals surface area contributed by atoms with Crippen molar-refractivity contribution < 1.29 is 20.1 Å². The zero-order chi connectivity index (χ0) is 19.2. The molecule has 0 saturated heterocycles. The maximum Gasteiger partial charge on any atom is 0.249 e. The van der Waals surface area contributed by atoms with E-state index < -0.39 is 30.8 Å². The summed E-state index contributed by atoms with van der Waals surface area (Å²) in [5, 5.41) is 32.3. The first-order valence-electron chi connectivity index (χ1n) is 9.92. The number of carbonyl (C=O) groups excluding carboxylic acids is 1. The van der Waals surface area contributed by atoms with Gasteiger partial charge in [-0.15, -0.1) is 0 Å². The normalized spacial score (nSPS) is 14.6. The topological polar surface area (TPSA) is 89.8 Å². The Hall–Kier alpha value is -1.43. The van der Waals surface area contributed by atoms with Gasteiger partial charge in [-0.05, 0) is 12.0 Å². The number of carbonyl (C=O) groups is 1. The third kappa shape index (κ3) is 8.79. The molecule has 4 N–H and O–H groups in total. The summed E-state index contributed by atoms with van der Waals surface area (Å²) < 4.78 is 0. The van der Waals surface area contributed by atoms with E-state index in [1.165, 1.54) is 32.1 Å². The van der Waals surface area contributed by atoms with Gasteiger partial charge in [0, 0.05) is 0 Å². The average Bonchev–Trinajstić information content (AvgIpc) is 2.67. The highest BCUT2D eigenvalue weighted by Gasteiger charge is 2.24. The standard InChI is InChI=1S/C21H35NO4/c1-2-3-4-5-6-7-8-12-15-19(24)21(26)22-18(16-23)20(25)17-13-10-9-11-14-17/h9-11,13-14,18-20,23-25H,2-8,12,15-16H2,1H3,(H,22,26). The molecule has 0 saturated carbocycles. The number of hydrogen-bond acceptors (Lipinski definition) is 4. The number of rotatable bonds is 14. The summed E-state index contributed by atoms with van der Waals surface area (Å²) in [7, 11) is 0. The minimum Gasteiger partial charge on any atom is -0.394 e. The lowest BCUT2D eigenvalue weighted by Gasteiger charge is -2.24. The molecular weight excluding hydrogens is 330 g/mol. The molecule has 0 radical (unpaired) electrons. The Balaban J connectivity index is 2.27. The molecule has 148 valence electrons. The van der Waals surface area contributed by atoms with Crippen molar-refractivity contribution in [2.24, 2.45) is 0 Å². The molecule has 1 aromatic rings. The van der Waals surface area contributed by atoms with Crippen molar-refractivity contribution in [2.45, 2.75) is 83.0 Å². The highest BCUT2D eigenvalue weighted by Crippen LogP contribution is 2.17. The second-order valence-corrected chi connectivity index (χ2v) is 6.93. The number of amides is 1. The largest absolute Gasteiger partial charge is 0.394 e. The Kier molecular flexibility index (Phi) is 11.9. The van der Waals surface area contributed by atoms with Gasteiger partial charge in [-0.2, -0.15) is 0 Å². The van der Waals surface area contributed by atoms with Gasteiger partial charge in [0.15, 0.2) is 0 Å². The van der Waals surface area contributed by atoms with E-state index in [2.05, 4.69) is 12.2 Å². The molecule has 0 fully saturated rings. The van der Waals surface area contributed by atoms with Gasteiger partial charge >= 0.3 is 0 Å². The Morgan fingerprint density at radius 2 is 1.54 bits per heavy atom. The fourth-order valence-electron chi connectivity index (χ4n) is 2.99. The van der Waals surface area contributed by atoms with Crippen LogP contribution in [-0.4, -0.2) is 40.0 Å². The summed E-state index contributed by atoms with van der Waals surface area (Å²) in [6, 6.07) is 8.03. The van der Waals surface area contributed by atoms with Crippen LogP contribution in [0.4, 0.5) is 0 Å². The van der Waals surface area contributed by atoms with Gasteiger partial charge in [0.05, 0.1) is 12.6 Å². The number of unbranched alkanes of at least 4 members (excludes halogenated alkanes) is 7. The highest BCUT2D eigenvalue weighted by molar-refractivity contribution is 5.80. The Labute approximate surface area is 157 Å². The fraction of sp³-hybridized carbons (Fsp3) is 0.667. The molecular formula is C21H35NO4. The van der Waals surface area contributed by atoms with Crippen molar-refractivity contribution in [3.05, 3.63) is 35.9 Å². The molecule has 0 heterocycles. The number of benzene rings is 1. The van der Waals surface area contributed by atoms with Gasteiger partial charge in [-0.1, -0.05) is 88.6 Å². The van der Waals surface area contributed by atoms with E-state index >= 15 is 0 Å². The molecule has 0 aliphatic rings. The Morgan fingerprint density at radius 1 is 0.962 bits per heavy atom. The minimum atomic E-state index is -1.10. The lowest BCUT2D eigenvalue weighted by molar-refractivity contribution is -0.131. The first-order valence-corrected chi connectivity index (χ1v) is 9.92. The molecule has 0 aromatic heterocycles. The van der Waals surface area contributed by atoms with Gasteiger partial charge in [-0.3, -0.25) is 4.79 Å². The van der Waals surface area contributed by atoms with E-state index in [9.17, 15) is 20.1 Å². The molecule has 1 aromatic carbocycles. The van der Waals surface area contributed by atoms with Crippen molar-refractivity contribution in [1.82, 2.24) is 5.32 Å². The predicted molar refractivity (Wildman–Crippen MR) is 104 cm³/mol. The molecule has 26 heavy (non-hydrogen) atoms. The smallest absolute Gasteiger partial charge is 0.249 e. The van der Waals surface area contributed by atoms with E-state index in [0.29, 0.717) is 12.0 Å². The van der Waals surface area contributed by atoms with E-state index in [0.717, 1.165) is 19.3 Å². The van der Waals surface area contributed by atoms with Crippen LogP contribution in [0.3, 0.4) is 0 Å². The van der Waals surface area contributed by atoms with E-state index in [1.54, 1.807) is 24.3 Å². The highest BCUT2D eigenvalue weighted by atomic mass is 16.3. The van der Waals surface area contributed by atoms with Gasteiger partial charge < -0.3 is 20.6 Å². The van der Waals surface area contributed by atoms with E-state index in [4.69, 9.17) is 0 Å². The predicted octanol–water partition coefficient (Wildman–Crippen LogP) is 3.09. The van der Waals surface area contributed by atoms with Crippen LogP contribution in [0.5, 0.6) is 0 Å². The van der Waals surface area contributed by atoms with Crippen molar-refractivity contribution in [1.29, 1.82) is 0 Å². The monoisotopic (exact) mass is 365 g/mol. The third-order valence-corrected chi connectivity index (χ3v) is 4.68. The first-order chi connectivity index (χ1) is 12.6. The molecule has 1 rings (SSSR count). The van der Waals surface area contributed by atoms with Crippen molar-refractivity contribution >= 4 is 5.91 Å². The number of aliphatic hydroxyl groups is 3. The van der Waals surface area contributed by atoms with Gasteiger partial charge in [0.1, 0.15) is 12.2 Å². The van der Waals surface area contributed by atoms with Gasteiger partial charge in [0.2, 0.25) is 5.91 Å². The molecule has 1 amide bonds. The van der Waals surface area contributed by atoms with E-state index in [1.807, 2.05) is 6.07 Å². The summed E-state index contributed by atoms with van der Waals surface area (Å²) in [6.45, 7) is 1.80. The van der Waals surface area contributed by atoms with Crippen molar-refractivity contribution in [3.63, 3.8) is 0 Å². The number of aliphatic hydroxyl groups excluding tert-OH is 3. The molecule has 5 heteroatoms. The fourth-order valence-corrected chi connectivity index (χ4v) is 2.99. The zero-order valence-electron chi connectivity index (χ0n) is 15.9. The molecule has 0 spiro atoms.